The molecule has 1 N–H and O–H groups in total. The molecule has 0 aliphatic carbocycles. The molecule has 2 amide bonds. The number of nitrogens with one attached hydrogen (secondary N) is 1. The number of hydrogen-bond acceptors (Lipinski definition) is 5. The summed E-state index contributed by atoms with van der Waals surface area (Å²) in [6.45, 7) is 4.55. The fourth-order valence-corrected chi connectivity index (χ4v) is 2.32. The summed E-state index contributed by atoms with van der Waals surface area (Å²) in [6, 6.07) is 8.84. The van der Waals surface area contributed by atoms with E-state index in [1.807, 2.05) is 13.8 Å². The highest BCUT2D eigenvalue weighted by molar-refractivity contribution is 6.04. The molecule has 26 heavy (non-hydrogen) atoms. The number of furan rings is 1. The number of amides is 2. The Hall–Kier alpha value is -3.42. The molecular weight excluding hydrogens is 338 g/mol. The van der Waals surface area contributed by atoms with Crippen LogP contribution in [0, 0.1) is 10.1 Å². The van der Waals surface area contributed by atoms with Crippen LogP contribution in [0.2, 0.25) is 0 Å². The van der Waals surface area contributed by atoms with Gasteiger partial charge in [0.1, 0.15) is 5.70 Å². The Morgan fingerprint density at radius 3 is 2.54 bits per heavy atom. The fraction of sp³-hybridized carbons (Fsp3) is 0.222. The Morgan fingerprint density at radius 2 is 1.96 bits per heavy atom. The first-order valence-corrected chi connectivity index (χ1v) is 8.06. The van der Waals surface area contributed by atoms with Gasteiger partial charge in [-0.3, -0.25) is 19.7 Å². The van der Waals surface area contributed by atoms with Gasteiger partial charge in [-0.15, -0.1) is 0 Å². The number of carbonyl (C=O) groups excluding carboxylic acids is 2. The quantitative estimate of drug-likeness (QED) is 0.466. The zero-order chi connectivity index (χ0) is 19.1. The van der Waals surface area contributed by atoms with Crippen LogP contribution in [0.3, 0.4) is 0 Å². The van der Waals surface area contributed by atoms with Crippen LogP contribution < -0.4 is 5.32 Å². The normalized spacial score (nSPS) is 11.1. The van der Waals surface area contributed by atoms with Crippen molar-refractivity contribution in [1.29, 1.82) is 0 Å². The van der Waals surface area contributed by atoms with Crippen molar-refractivity contribution >= 4 is 23.6 Å². The van der Waals surface area contributed by atoms with Gasteiger partial charge in [-0.05, 0) is 37.6 Å². The topological polar surface area (TPSA) is 106 Å². The van der Waals surface area contributed by atoms with Gasteiger partial charge >= 0.3 is 0 Å². The maximum absolute atomic E-state index is 12.7. The number of hydrogen-bond donors (Lipinski definition) is 1. The van der Waals surface area contributed by atoms with Gasteiger partial charge in [-0.1, -0.05) is 12.1 Å². The Balaban J connectivity index is 2.39. The van der Waals surface area contributed by atoms with E-state index in [0.717, 1.165) is 0 Å². The maximum Gasteiger partial charge on any atom is 0.291 e. The lowest BCUT2D eigenvalue weighted by Crippen LogP contribution is -2.38. The van der Waals surface area contributed by atoms with Crippen LogP contribution in [0.5, 0.6) is 0 Å². The Labute approximate surface area is 150 Å². The van der Waals surface area contributed by atoms with E-state index in [2.05, 4.69) is 5.32 Å². The fourth-order valence-electron chi connectivity index (χ4n) is 2.32. The molecule has 2 rings (SSSR count). The number of rotatable bonds is 7. The first kappa shape index (κ1) is 18.9. The van der Waals surface area contributed by atoms with Gasteiger partial charge in [-0.25, -0.2) is 0 Å². The van der Waals surface area contributed by atoms with Gasteiger partial charge in [0.05, 0.1) is 11.2 Å². The van der Waals surface area contributed by atoms with Gasteiger partial charge in [0.15, 0.2) is 5.76 Å². The molecule has 0 fully saturated rings. The van der Waals surface area contributed by atoms with Crippen molar-refractivity contribution in [2.24, 2.45) is 0 Å². The second-order valence-electron chi connectivity index (χ2n) is 5.32. The second kappa shape index (κ2) is 8.61. The Morgan fingerprint density at radius 1 is 1.23 bits per heavy atom. The molecule has 0 atom stereocenters. The van der Waals surface area contributed by atoms with Crippen LogP contribution in [0.25, 0.3) is 6.08 Å². The number of nitro benzene ring substituents is 1. The third-order valence-electron chi connectivity index (χ3n) is 3.67. The van der Waals surface area contributed by atoms with Crippen LogP contribution in [0.1, 0.15) is 30.0 Å². The lowest BCUT2D eigenvalue weighted by molar-refractivity contribution is -0.384. The number of benzene rings is 1. The average molecular weight is 357 g/mol. The molecule has 1 heterocycles. The summed E-state index contributed by atoms with van der Waals surface area (Å²) in [5.41, 5.74) is 0.329. The third-order valence-corrected chi connectivity index (χ3v) is 3.67. The van der Waals surface area contributed by atoms with Crippen molar-refractivity contribution in [2.75, 3.05) is 13.1 Å². The summed E-state index contributed by atoms with van der Waals surface area (Å²) in [5.74, 6) is -0.907. The summed E-state index contributed by atoms with van der Waals surface area (Å²) in [7, 11) is 0. The molecule has 1 aromatic carbocycles. The molecule has 1 aromatic heterocycles. The zero-order valence-corrected chi connectivity index (χ0v) is 14.5. The minimum absolute atomic E-state index is 0.00981. The highest BCUT2D eigenvalue weighted by Gasteiger charge is 2.20. The first-order valence-electron chi connectivity index (χ1n) is 8.06. The van der Waals surface area contributed by atoms with Gasteiger partial charge in [-0.2, -0.15) is 0 Å². The molecule has 0 aliphatic rings. The smallest absolute Gasteiger partial charge is 0.291 e. The van der Waals surface area contributed by atoms with E-state index < -0.39 is 10.8 Å². The Bertz CT molecular complexity index is 823. The summed E-state index contributed by atoms with van der Waals surface area (Å²) < 4.78 is 5.04. The summed E-state index contributed by atoms with van der Waals surface area (Å²) in [6.07, 6.45) is 2.76. The minimum atomic E-state index is -0.577. The van der Waals surface area contributed by atoms with Crippen LogP contribution in [-0.2, 0) is 4.79 Å². The Kier molecular flexibility index (Phi) is 6.26. The predicted octanol–water partition coefficient (Wildman–Crippen LogP) is 2.83. The van der Waals surface area contributed by atoms with E-state index >= 15 is 0 Å². The van der Waals surface area contributed by atoms with Crippen molar-refractivity contribution in [3.05, 3.63) is 69.8 Å². The van der Waals surface area contributed by atoms with E-state index in [1.54, 1.807) is 12.1 Å². The molecule has 136 valence electrons. The lowest BCUT2D eigenvalue weighted by Gasteiger charge is -2.20. The molecule has 0 radical (unpaired) electrons. The van der Waals surface area contributed by atoms with E-state index in [-0.39, 0.29) is 23.1 Å². The van der Waals surface area contributed by atoms with Crippen molar-refractivity contribution in [2.45, 2.75) is 13.8 Å². The van der Waals surface area contributed by atoms with Crippen LogP contribution in [-0.4, -0.2) is 34.7 Å². The molecule has 0 aliphatic heterocycles. The number of nitrogens with zero attached hydrogens (tertiary/aromatic N) is 2. The van der Waals surface area contributed by atoms with Crippen molar-refractivity contribution in [3.8, 4) is 0 Å². The average Bonchev–Trinajstić information content (AvgIpc) is 3.17. The summed E-state index contributed by atoms with van der Waals surface area (Å²) in [4.78, 5) is 36.9. The number of likely N-dealkylation sites (N-methyl/N-ethyl adjacent to an activating group) is 1. The van der Waals surface area contributed by atoms with Crippen molar-refractivity contribution in [3.63, 3.8) is 0 Å². The van der Waals surface area contributed by atoms with Crippen molar-refractivity contribution < 1.29 is 18.9 Å². The van der Waals surface area contributed by atoms with E-state index in [4.69, 9.17) is 4.42 Å². The van der Waals surface area contributed by atoms with Crippen LogP contribution >= 0.6 is 0 Å². The highest BCUT2D eigenvalue weighted by Crippen LogP contribution is 2.16. The predicted molar refractivity (Wildman–Crippen MR) is 95.2 cm³/mol. The van der Waals surface area contributed by atoms with Gasteiger partial charge in [0, 0.05) is 25.2 Å². The van der Waals surface area contributed by atoms with Gasteiger partial charge in [0.25, 0.3) is 17.5 Å². The summed E-state index contributed by atoms with van der Waals surface area (Å²) in [5, 5.41) is 13.5. The molecule has 0 saturated heterocycles. The lowest BCUT2D eigenvalue weighted by atomic mass is 10.1. The number of nitro groups is 1. The zero-order valence-electron chi connectivity index (χ0n) is 14.5. The molecule has 0 unspecified atom stereocenters. The highest BCUT2D eigenvalue weighted by atomic mass is 16.6. The largest absolute Gasteiger partial charge is 0.459 e. The van der Waals surface area contributed by atoms with E-state index in [9.17, 15) is 19.7 Å². The summed E-state index contributed by atoms with van der Waals surface area (Å²) >= 11 is 0. The molecule has 2 aromatic rings. The van der Waals surface area contributed by atoms with E-state index in [1.165, 1.54) is 41.5 Å². The molecule has 8 nitrogen and oxygen atoms in total. The monoisotopic (exact) mass is 357 g/mol. The SMILES string of the molecule is CCN(CC)C(=O)/C(=C/c1cccc([N+](=O)[O-])c1)NC(=O)c1ccco1. The van der Waals surface area contributed by atoms with E-state index in [0.29, 0.717) is 18.7 Å². The molecule has 8 heteroatoms. The minimum Gasteiger partial charge on any atom is -0.459 e. The second-order valence-corrected chi connectivity index (χ2v) is 5.32. The van der Waals surface area contributed by atoms with Crippen molar-refractivity contribution in [1.82, 2.24) is 10.2 Å². The number of carbonyl (C=O) groups is 2. The standard InChI is InChI=1S/C18H19N3O5/c1-3-20(4-2)18(23)15(19-17(22)16-9-6-10-26-16)12-13-7-5-8-14(11-13)21(24)25/h5-12H,3-4H2,1-2H3,(H,19,22)/b15-12-. The maximum atomic E-state index is 12.7. The number of non-ortho nitro benzene ring substituents is 1. The molecular formula is C18H19N3O5. The van der Waals surface area contributed by atoms with Gasteiger partial charge in [0.2, 0.25) is 0 Å². The molecule has 0 bridgehead atoms. The third kappa shape index (κ3) is 4.56. The van der Waals surface area contributed by atoms with Crippen LogP contribution in [0.4, 0.5) is 5.69 Å². The van der Waals surface area contributed by atoms with Crippen LogP contribution in [0.15, 0.2) is 52.8 Å². The first-order chi connectivity index (χ1) is 12.5. The molecule has 0 saturated carbocycles. The van der Waals surface area contributed by atoms with Gasteiger partial charge < -0.3 is 14.6 Å². The molecule has 0 spiro atoms.